The van der Waals surface area contributed by atoms with E-state index in [1.165, 1.54) is 0 Å². The van der Waals surface area contributed by atoms with Crippen molar-refractivity contribution in [3.8, 4) is 0 Å². The number of nitrogens with one attached hydrogen (secondary N) is 1. The van der Waals surface area contributed by atoms with Gasteiger partial charge < -0.3 is 11.1 Å². The summed E-state index contributed by atoms with van der Waals surface area (Å²) in [4.78, 5) is 11.3. The Labute approximate surface area is 94.4 Å². The fraction of sp³-hybridized carbons (Fsp3) is 0.900. The van der Waals surface area contributed by atoms with Crippen molar-refractivity contribution in [2.24, 2.45) is 5.73 Å². The fourth-order valence-electron chi connectivity index (χ4n) is 1.04. The van der Waals surface area contributed by atoms with Gasteiger partial charge in [0, 0.05) is 41.3 Å². The first kappa shape index (κ1) is 14.6. The molecule has 3 unspecified atom stereocenters. The van der Waals surface area contributed by atoms with Crippen molar-refractivity contribution in [2.75, 3.05) is 12.8 Å². The molecule has 0 rings (SSSR count). The molecule has 0 aliphatic heterocycles. The second-order valence-corrected chi connectivity index (χ2v) is 5.62. The van der Waals surface area contributed by atoms with Gasteiger partial charge >= 0.3 is 0 Å². The average Bonchev–Trinajstić information content (AvgIpc) is 2.17. The maximum absolute atomic E-state index is 11.3. The second kappa shape index (κ2) is 7.82. The number of hydrogen-bond donors (Lipinski definition) is 2. The summed E-state index contributed by atoms with van der Waals surface area (Å²) in [6.07, 6.45) is 3.61. The van der Waals surface area contributed by atoms with Crippen LogP contribution in [0.3, 0.4) is 0 Å². The molecule has 4 nitrogen and oxygen atoms in total. The van der Waals surface area contributed by atoms with E-state index in [9.17, 15) is 9.00 Å². The van der Waals surface area contributed by atoms with E-state index in [1.54, 1.807) is 6.26 Å². The number of hydrogen-bond acceptors (Lipinski definition) is 3. The lowest BCUT2D eigenvalue weighted by Gasteiger charge is -2.11. The van der Waals surface area contributed by atoms with Gasteiger partial charge in [-0.3, -0.25) is 9.00 Å². The van der Waals surface area contributed by atoms with Crippen molar-refractivity contribution >= 4 is 16.7 Å². The number of carbonyl (C=O) groups is 1. The third-order valence-corrected chi connectivity index (χ3v) is 3.78. The standard InChI is InChI=1S/C10H22N2O2S/c1-4-9(11)7-10(13)12-6-5-8(2)15(3)14/h8-9H,4-7,11H2,1-3H3,(H,12,13). The molecule has 3 N–H and O–H groups in total. The van der Waals surface area contributed by atoms with E-state index in [1.807, 2.05) is 13.8 Å². The summed E-state index contributed by atoms with van der Waals surface area (Å²) in [6.45, 7) is 4.45. The van der Waals surface area contributed by atoms with Crippen molar-refractivity contribution in [3.63, 3.8) is 0 Å². The third-order valence-electron chi connectivity index (χ3n) is 2.41. The first-order chi connectivity index (χ1) is 6.97. The van der Waals surface area contributed by atoms with Gasteiger partial charge in [0.05, 0.1) is 0 Å². The minimum absolute atomic E-state index is 0.0153. The normalized spacial score (nSPS) is 16.8. The van der Waals surface area contributed by atoms with Crippen molar-refractivity contribution in [1.82, 2.24) is 5.32 Å². The van der Waals surface area contributed by atoms with Crippen molar-refractivity contribution in [1.29, 1.82) is 0 Å². The van der Waals surface area contributed by atoms with Crippen molar-refractivity contribution in [2.45, 2.75) is 44.4 Å². The highest BCUT2D eigenvalue weighted by Gasteiger charge is 2.09. The Hall–Kier alpha value is -0.420. The van der Waals surface area contributed by atoms with Crippen LogP contribution in [0.4, 0.5) is 0 Å². The zero-order valence-electron chi connectivity index (χ0n) is 9.79. The van der Waals surface area contributed by atoms with Crippen LogP contribution in [0.1, 0.15) is 33.1 Å². The van der Waals surface area contributed by atoms with Crippen LogP contribution < -0.4 is 11.1 Å². The summed E-state index contributed by atoms with van der Waals surface area (Å²) in [7, 11) is -0.813. The van der Waals surface area contributed by atoms with Crippen LogP contribution >= 0.6 is 0 Å². The molecule has 0 bridgehead atoms. The quantitative estimate of drug-likeness (QED) is 0.669. The SMILES string of the molecule is CCC(N)CC(=O)NCCC(C)S(C)=O. The summed E-state index contributed by atoms with van der Waals surface area (Å²) in [5.74, 6) is -0.0153. The van der Waals surface area contributed by atoms with Gasteiger partial charge in [-0.05, 0) is 12.8 Å². The highest BCUT2D eigenvalue weighted by atomic mass is 32.2. The molecule has 3 atom stereocenters. The van der Waals surface area contributed by atoms with E-state index >= 15 is 0 Å². The zero-order chi connectivity index (χ0) is 11.8. The van der Waals surface area contributed by atoms with Gasteiger partial charge in [0.15, 0.2) is 0 Å². The monoisotopic (exact) mass is 234 g/mol. The number of rotatable bonds is 7. The van der Waals surface area contributed by atoms with Gasteiger partial charge in [-0.25, -0.2) is 0 Å². The summed E-state index contributed by atoms with van der Waals surface area (Å²) in [5, 5.41) is 2.91. The first-order valence-corrected chi connectivity index (χ1v) is 6.94. The van der Waals surface area contributed by atoms with Gasteiger partial charge in [0.1, 0.15) is 0 Å². The number of carbonyl (C=O) groups excluding carboxylic acids is 1. The molecule has 0 spiro atoms. The van der Waals surface area contributed by atoms with Crippen LogP contribution in [-0.4, -0.2) is 34.2 Å². The Morgan fingerprint density at radius 3 is 2.60 bits per heavy atom. The molecule has 90 valence electrons. The van der Waals surface area contributed by atoms with Crippen LogP contribution in [0, 0.1) is 0 Å². The molecular weight excluding hydrogens is 212 g/mol. The lowest BCUT2D eigenvalue weighted by Crippen LogP contribution is -2.33. The summed E-state index contributed by atoms with van der Waals surface area (Å²) < 4.78 is 11.0. The molecule has 0 aliphatic rings. The molecule has 0 radical (unpaired) electrons. The van der Waals surface area contributed by atoms with E-state index < -0.39 is 10.8 Å². The number of nitrogens with two attached hydrogens (primary N) is 1. The summed E-state index contributed by atoms with van der Waals surface area (Å²) in [6, 6.07) is -0.0530. The van der Waals surface area contributed by atoms with E-state index in [0.717, 1.165) is 12.8 Å². The van der Waals surface area contributed by atoms with Gasteiger partial charge in [0.25, 0.3) is 0 Å². The summed E-state index contributed by atoms with van der Waals surface area (Å²) >= 11 is 0. The molecule has 0 saturated heterocycles. The lowest BCUT2D eigenvalue weighted by molar-refractivity contribution is -0.121. The van der Waals surface area contributed by atoms with Crippen molar-refractivity contribution < 1.29 is 9.00 Å². The maximum Gasteiger partial charge on any atom is 0.221 e. The van der Waals surface area contributed by atoms with Gasteiger partial charge in [-0.1, -0.05) is 13.8 Å². The molecule has 1 amide bonds. The molecule has 0 saturated carbocycles. The smallest absolute Gasteiger partial charge is 0.221 e. The Bertz CT molecular complexity index is 221. The van der Waals surface area contributed by atoms with Crippen LogP contribution in [0.15, 0.2) is 0 Å². The second-order valence-electron chi connectivity index (χ2n) is 3.82. The predicted octanol–water partition coefficient (Wildman–Crippen LogP) is 0.387. The molecular formula is C10H22N2O2S. The van der Waals surface area contributed by atoms with Crippen LogP contribution in [-0.2, 0) is 15.6 Å². The Kier molecular flexibility index (Phi) is 7.60. The van der Waals surface area contributed by atoms with E-state index in [0.29, 0.717) is 13.0 Å². The summed E-state index contributed by atoms with van der Waals surface area (Å²) in [5.41, 5.74) is 5.64. The molecule has 0 aromatic rings. The molecule has 0 fully saturated rings. The first-order valence-electron chi connectivity index (χ1n) is 5.31. The van der Waals surface area contributed by atoms with Gasteiger partial charge in [-0.2, -0.15) is 0 Å². The number of amides is 1. The minimum atomic E-state index is -0.813. The molecule has 0 heterocycles. The van der Waals surface area contributed by atoms with E-state index in [4.69, 9.17) is 5.73 Å². The average molecular weight is 234 g/mol. The van der Waals surface area contributed by atoms with Crippen LogP contribution in [0.25, 0.3) is 0 Å². The topological polar surface area (TPSA) is 72.2 Å². The largest absolute Gasteiger partial charge is 0.356 e. The Morgan fingerprint density at radius 1 is 1.53 bits per heavy atom. The van der Waals surface area contributed by atoms with E-state index in [-0.39, 0.29) is 17.2 Å². The molecule has 15 heavy (non-hydrogen) atoms. The third kappa shape index (κ3) is 7.50. The van der Waals surface area contributed by atoms with E-state index in [2.05, 4.69) is 5.32 Å². The fourth-order valence-corrected chi connectivity index (χ4v) is 1.49. The Balaban J connectivity index is 3.59. The molecule has 5 heteroatoms. The lowest BCUT2D eigenvalue weighted by atomic mass is 10.1. The highest BCUT2D eigenvalue weighted by Crippen LogP contribution is 1.98. The van der Waals surface area contributed by atoms with Crippen LogP contribution in [0.2, 0.25) is 0 Å². The maximum atomic E-state index is 11.3. The van der Waals surface area contributed by atoms with Crippen molar-refractivity contribution in [3.05, 3.63) is 0 Å². The van der Waals surface area contributed by atoms with Gasteiger partial charge in [-0.15, -0.1) is 0 Å². The minimum Gasteiger partial charge on any atom is -0.356 e. The highest BCUT2D eigenvalue weighted by molar-refractivity contribution is 7.84. The molecule has 0 aliphatic carbocycles. The Morgan fingerprint density at radius 2 is 2.13 bits per heavy atom. The molecule has 0 aromatic carbocycles. The van der Waals surface area contributed by atoms with Crippen LogP contribution in [0.5, 0.6) is 0 Å². The zero-order valence-corrected chi connectivity index (χ0v) is 10.6. The van der Waals surface area contributed by atoms with Gasteiger partial charge in [0.2, 0.25) is 5.91 Å². The predicted molar refractivity (Wildman–Crippen MR) is 64.0 cm³/mol. The molecule has 0 aromatic heterocycles.